The van der Waals surface area contributed by atoms with Gasteiger partial charge in [0, 0.05) is 72.5 Å². The minimum absolute atomic E-state index is 0.0347. The molecule has 2 atom stereocenters. The maximum absolute atomic E-state index is 14.5. The molecule has 2 unspecified atom stereocenters. The van der Waals surface area contributed by atoms with E-state index in [1.807, 2.05) is 36.0 Å². The lowest BCUT2D eigenvalue weighted by Gasteiger charge is -2.32. The quantitative estimate of drug-likeness (QED) is 0.108. The number of rotatable bonds is 10. The Hall–Kier alpha value is -3.36. The minimum Gasteiger partial charge on any atom is -0.446 e. The highest BCUT2D eigenvalue weighted by molar-refractivity contribution is 14.1. The first-order valence-corrected chi connectivity index (χ1v) is 12.7. The minimum atomic E-state index is -2.08. The van der Waals surface area contributed by atoms with Crippen molar-refractivity contribution in [1.82, 2.24) is 10.2 Å². The molecule has 1 heterocycles. The van der Waals surface area contributed by atoms with E-state index in [9.17, 15) is 13.6 Å². The molecule has 3 rings (SSSR count). The van der Waals surface area contributed by atoms with Crippen molar-refractivity contribution in [2.45, 2.75) is 16.7 Å². The number of halogens is 3. The number of ether oxygens (including phenoxy) is 1. The van der Waals surface area contributed by atoms with Crippen LogP contribution in [0.25, 0.3) is 5.70 Å². The Morgan fingerprint density at radius 3 is 2.62 bits per heavy atom. The van der Waals surface area contributed by atoms with E-state index in [0.717, 1.165) is 11.8 Å². The standard InChI is InChI=1S/C29H30F2IN3O2/c1-6-24(34(4)20(3)22-14-15-28(36)33-19-22)18-27(35(5)25-12-9-11-23(30)17-25)21-10-8-13-26(16-21)37-29(31,32)7-2/h7-13,16-18,22H,1-3,14-15,19H2,4-5H3,(H,33,36)/b27-18-. The van der Waals surface area contributed by atoms with Crippen LogP contribution in [0.4, 0.5) is 14.5 Å². The van der Waals surface area contributed by atoms with Crippen LogP contribution in [-0.4, -0.2) is 35.3 Å². The van der Waals surface area contributed by atoms with E-state index in [0.29, 0.717) is 47.8 Å². The number of allylic oxidation sites excluding steroid dienone is 1. The van der Waals surface area contributed by atoms with Crippen LogP contribution in [0.5, 0.6) is 5.75 Å². The van der Waals surface area contributed by atoms with E-state index < -0.39 is 3.86 Å². The molecule has 2 aromatic rings. The Labute approximate surface area is 230 Å². The summed E-state index contributed by atoms with van der Waals surface area (Å²) in [7, 11) is 3.67. The van der Waals surface area contributed by atoms with Crippen LogP contribution in [0.15, 0.2) is 97.5 Å². The molecule has 5 nitrogen and oxygen atoms in total. The van der Waals surface area contributed by atoms with Crippen LogP contribution >= 0.6 is 22.6 Å². The van der Waals surface area contributed by atoms with Crippen LogP contribution in [0, 0.1) is 11.7 Å². The monoisotopic (exact) mass is 617 g/mol. The predicted molar refractivity (Wildman–Crippen MR) is 153 cm³/mol. The van der Waals surface area contributed by atoms with Crippen LogP contribution in [0.3, 0.4) is 0 Å². The van der Waals surface area contributed by atoms with Gasteiger partial charge in [-0.25, -0.2) is 4.39 Å². The number of alkyl halides is 2. The molecule has 0 aromatic heterocycles. The van der Waals surface area contributed by atoms with Crippen molar-refractivity contribution in [2.24, 2.45) is 5.92 Å². The molecule has 0 spiro atoms. The topological polar surface area (TPSA) is 44.8 Å². The van der Waals surface area contributed by atoms with E-state index in [4.69, 9.17) is 4.74 Å². The molecule has 0 bridgehead atoms. The molecule has 2 aromatic carbocycles. The number of carbonyl (C=O) groups excluding carboxylic acids is 1. The highest BCUT2D eigenvalue weighted by atomic mass is 127. The van der Waals surface area contributed by atoms with Gasteiger partial charge in [0.2, 0.25) is 5.91 Å². The molecule has 194 valence electrons. The Kier molecular flexibility index (Phi) is 9.34. The number of benzene rings is 2. The van der Waals surface area contributed by atoms with E-state index in [-0.39, 0.29) is 17.6 Å². The Morgan fingerprint density at radius 1 is 1.27 bits per heavy atom. The molecule has 0 radical (unpaired) electrons. The molecule has 37 heavy (non-hydrogen) atoms. The lowest BCUT2D eigenvalue weighted by Crippen LogP contribution is -2.38. The van der Waals surface area contributed by atoms with Gasteiger partial charge in [0.15, 0.2) is 0 Å². The predicted octanol–water partition coefficient (Wildman–Crippen LogP) is 6.57. The normalized spacial score (nSPS) is 17.1. The molecule has 1 N–H and O–H groups in total. The maximum Gasteiger partial charge on any atom is 0.318 e. The third kappa shape index (κ3) is 7.33. The molecule has 0 saturated carbocycles. The number of anilines is 1. The number of carbonyl (C=O) groups is 1. The summed E-state index contributed by atoms with van der Waals surface area (Å²) in [4.78, 5) is 15.3. The van der Waals surface area contributed by atoms with Crippen LogP contribution < -0.4 is 15.0 Å². The lowest BCUT2D eigenvalue weighted by molar-refractivity contribution is -0.122. The van der Waals surface area contributed by atoms with Gasteiger partial charge in [-0.2, -0.15) is 4.39 Å². The Balaban J connectivity index is 2.03. The number of amides is 1. The van der Waals surface area contributed by atoms with Gasteiger partial charge in [0.1, 0.15) is 11.6 Å². The number of nitrogens with zero attached hydrogens (tertiary/aromatic N) is 2. The number of hydrogen-bond donors (Lipinski definition) is 1. The smallest absolute Gasteiger partial charge is 0.318 e. The molecule has 1 aliphatic heterocycles. The van der Waals surface area contributed by atoms with Crippen molar-refractivity contribution >= 4 is 39.9 Å². The first-order valence-electron chi connectivity index (χ1n) is 11.7. The second kappa shape index (κ2) is 12.3. The third-order valence-corrected chi connectivity index (χ3v) is 6.82. The summed E-state index contributed by atoms with van der Waals surface area (Å²) in [5, 5.41) is 2.88. The first kappa shape index (κ1) is 28.2. The second-order valence-corrected chi connectivity index (χ2v) is 10.1. The molecule has 8 heteroatoms. The van der Waals surface area contributed by atoms with Gasteiger partial charge < -0.3 is 19.9 Å². The van der Waals surface area contributed by atoms with Crippen LogP contribution in [-0.2, 0) is 4.79 Å². The van der Waals surface area contributed by atoms with Crippen LogP contribution in [0.1, 0.15) is 18.4 Å². The summed E-state index contributed by atoms with van der Waals surface area (Å²) in [6, 6.07) is 13.2. The molecule has 1 amide bonds. The zero-order chi connectivity index (χ0) is 27.2. The zero-order valence-electron chi connectivity index (χ0n) is 20.9. The number of piperidine rings is 1. The summed E-state index contributed by atoms with van der Waals surface area (Å²) in [5.74, 6) is 0.0316. The van der Waals surface area contributed by atoms with E-state index in [2.05, 4.69) is 30.8 Å². The molecule has 1 aliphatic rings. The summed E-state index contributed by atoms with van der Waals surface area (Å²) in [5.41, 5.74) is 6.36. The molecule has 1 fully saturated rings. The summed E-state index contributed by atoms with van der Waals surface area (Å²) < 4.78 is 31.9. The Bertz CT molecular complexity index is 1260. The Morgan fingerprint density at radius 2 is 2.00 bits per heavy atom. The number of likely N-dealkylation sites (N-methyl/N-ethyl adjacent to an activating group) is 1. The van der Waals surface area contributed by atoms with Gasteiger partial charge in [-0.3, -0.25) is 4.79 Å². The number of hydrogen-bond acceptors (Lipinski definition) is 4. The summed E-state index contributed by atoms with van der Waals surface area (Å²) in [6.45, 7) is 12.1. The lowest BCUT2D eigenvalue weighted by atomic mass is 9.95. The molecular weight excluding hydrogens is 587 g/mol. The van der Waals surface area contributed by atoms with Crippen molar-refractivity contribution in [2.75, 3.05) is 25.5 Å². The average molecular weight is 617 g/mol. The van der Waals surface area contributed by atoms with Crippen molar-refractivity contribution < 1.29 is 18.3 Å². The zero-order valence-corrected chi connectivity index (χ0v) is 23.1. The van der Waals surface area contributed by atoms with Crippen molar-refractivity contribution in [1.29, 1.82) is 0 Å². The maximum atomic E-state index is 14.5. The first-order chi connectivity index (χ1) is 17.5. The fraction of sp³-hybridized carbons (Fsp3) is 0.241. The van der Waals surface area contributed by atoms with E-state index in [1.165, 1.54) is 34.7 Å². The van der Waals surface area contributed by atoms with Gasteiger partial charge in [-0.15, -0.1) is 5.73 Å². The fourth-order valence-corrected chi connectivity index (χ4v) is 4.21. The van der Waals surface area contributed by atoms with Gasteiger partial charge in [-0.05, 0) is 48.9 Å². The van der Waals surface area contributed by atoms with E-state index in [1.54, 1.807) is 30.3 Å². The second-order valence-electron chi connectivity index (χ2n) is 8.62. The summed E-state index contributed by atoms with van der Waals surface area (Å²) >= 11 is 1.52. The molecule has 0 aliphatic carbocycles. The van der Waals surface area contributed by atoms with Gasteiger partial charge in [0.05, 0.1) is 11.4 Å². The SMILES string of the molecule is C=C=C(/C=C(/c1cccc(OC(F)(I)C=C)c1)N(C)c1cccc(F)c1)N(C)C(=C)C1CCC(=O)NC1. The highest BCUT2D eigenvalue weighted by Gasteiger charge is 2.25. The van der Waals surface area contributed by atoms with Crippen molar-refractivity contribution in [3.63, 3.8) is 0 Å². The highest BCUT2D eigenvalue weighted by Crippen LogP contribution is 2.33. The number of nitrogens with one attached hydrogen (secondary N) is 1. The molecule has 1 saturated heterocycles. The van der Waals surface area contributed by atoms with E-state index >= 15 is 0 Å². The largest absolute Gasteiger partial charge is 0.446 e. The third-order valence-electron chi connectivity index (χ3n) is 6.16. The van der Waals surface area contributed by atoms with Gasteiger partial charge in [0.25, 0.3) is 0 Å². The van der Waals surface area contributed by atoms with Gasteiger partial charge >= 0.3 is 3.86 Å². The van der Waals surface area contributed by atoms with Gasteiger partial charge in [-0.1, -0.05) is 37.9 Å². The van der Waals surface area contributed by atoms with Crippen molar-refractivity contribution in [3.05, 3.63) is 109 Å². The summed E-state index contributed by atoms with van der Waals surface area (Å²) in [6.07, 6.45) is 4.06. The fourth-order valence-electron chi connectivity index (χ4n) is 3.96. The average Bonchev–Trinajstić information content (AvgIpc) is 2.88. The van der Waals surface area contributed by atoms with Crippen LogP contribution in [0.2, 0.25) is 0 Å². The molecular formula is C29H30F2IN3O2. The van der Waals surface area contributed by atoms with Crippen molar-refractivity contribution in [3.8, 4) is 5.75 Å².